The largest absolute Gasteiger partial charge is 0.338 e. The maximum absolute atomic E-state index is 12.1. The van der Waals surface area contributed by atoms with Crippen LogP contribution in [0.4, 0.5) is 5.88 Å². The Morgan fingerprint density at radius 3 is 2.56 bits per heavy atom. The minimum atomic E-state index is 0.0460. The van der Waals surface area contributed by atoms with Crippen LogP contribution < -0.4 is 11.1 Å². The van der Waals surface area contributed by atoms with Gasteiger partial charge in [-0.3, -0.25) is 10.1 Å². The molecule has 0 spiro atoms. The zero-order chi connectivity index (χ0) is 13.1. The number of hydrogen-bond acceptors (Lipinski definition) is 4. The van der Waals surface area contributed by atoms with Gasteiger partial charge in [-0.05, 0) is 52.0 Å². The fourth-order valence-electron chi connectivity index (χ4n) is 2.41. The molecule has 1 amide bonds. The second-order valence-electron chi connectivity index (χ2n) is 5.16. The van der Waals surface area contributed by atoms with Gasteiger partial charge in [0.15, 0.2) is 0 Å². The number of carbonyl (C=O) groups excluding carboxylic acids is 1. The van der Waals surface area contributed by atoms with Gasteiger partial charge >= 0.3 is 0 Å². The monoisotopic (exact) mass is 251 g/mol. The lowest BCUT2D eigenvalue weighted by atomic mass is 9.81. The first-order chi connectivity index (χ1) is 8.61. The Balaban J connectivity index is 1.91. The highest BCUT2D eigenvalue weighted by Gasteiger charge is 2.26. The number of aromatic nitrogens is 1. The summed E-state index contributed by atoms with van der Waals surface area (Å²) >= 11 is 0. The molecule has 1 heterocycles. The Hall–Kier alpha value is -1.36. The van der Waals surface area contributed by atoms with Crippen LogP contribution in [0.5, 0.6) is 0 Å². The Bertz CT molecular complexity index is 420. The third-order valence-corrected chi connectivity index (χ3v) is 3.94. The summed E-state index contributed by atoms with van der Waals surface area (Å²) in [5.74, 6) is 1.20. The third kappa shape index (κ3) is 2.72. The van der Waals surface area contributed by atoms with E-state index in [4.69, 9.17) is 10.3 Å². The first kappa shape index (κ1) is 13.1. The lowest BCUT2D eigenvalue weighted by Crippen LogP contribution is -2.29. The lowest BCUT2D eigenvalue weighted by molar-refractivity contribution is -0.121. The Kier molecular flexibility index (Phi) is 4.01. The van der Waals surface area contributed by atoms with Crippen molar-refractivity contribution in [2.24, 2.45) is 17.6 Å². The summed E-state index contributed by atoms with van der Waals surface area (Å²) in [6.45, 7) is 4.49. The van der Waals surface area contributed by atoms with Gasteiger partial charge in [0.1, 0.15) is 0 Å². The van der Waals surface area contributed by atoms with Crippen molar-refractivity contribution in [3.63, 3.8) is 0 Å². The van der Waals surface area contributed by atoms with Crippen LogP contribution in [0.1, 0.15) is 36.9 Å². The molecule has 2 rings (SSSR count). The number of carbonyl (C=O) groups is 1. The summed E-state index contributed by atoms with van der Waals surface area (Å²) in [5, 5.41) is 6.67. The number of nitrogens with one attached hydrogen (secondary N) is 1. The first-order valence-corrected chi connectivity index (χ1v) is 6.55. The van der Waals surface area contributed by atoms with Crippen molar-refractivity contribution in [1.82, 2.24) is 5.16 Å². The van der Waals surface area contributed by atoms with E-state index in [1.54, 1.807) is 0 Å². The van der Waals surface area contributed by atoms with E-state index in [2.05, 4.69) is 10.5 Å². The molecule has 1 aliphatic rings. The molecule has 0 aliphatic heterocycles. The standard InChI is InChI=1S/C13H21N3O2/c1-8-9(2)16-18-13(8)15-12(17)11-5-3-10(7-14)4-6-11/h10-11H,3-7,14H2,1-2H3,(H,15,17). The van der Waals surface area contributed by atoms with Crippen LogP contribution in [0.25, 0.3) is 0 Å². The molecule has 1 aliphatic carbocycles. The molecule has 0 atom stereocenters. The number of aryl methyl sites for hydroxylation is 1. The normalized spacial score (nSPS) is 23.9. The average Bonchev–Trinajstić information content (AvgIpc) is 2.71. The second kappa shape index (κ2) is 5.52. The summed E-state index contributed by atoms with van der Waals surface area (Å²) in [6.07, 6.45) is 3.92. The van der Waals surface area contributed by atoms with Gasteiger partial charge in [0.25, 0.3) is 0 Å². The maximum Gasteiger partial charge on any atom is 0.234 e. The fourth-order valence-corrected chi connectivity index (χ4v) is 2.41. The van der Waals surface area contributed by atoms with E-state index in [1.807, 2.05) is 13.8 Å². The number of nitrogens with two attached hydrogens (primary N) is 1. The number of hydrogen-bond donors (Lipinski definition) is 2. The van der Waals surface area contributed by atoms with Crippen molar-refractivity contribution in [1.29, 1.82) is 0 Å². The molecule has 100 valence electrons. The molecule has 0 unspecified atom stereocenters. The number of nitrogens with zero attached hydrogens (tertiary/aromatic N) is 1. The fraction of sp³-hybridized carbons (Fsp3) is 0.692. The van der Waals surface area contributed by atoms with Crippen LogP contribution in [0, 0.1) is 25.7 Å². The van der Waals surface area contributed by atoms with Crippen molar-refractivity contribution in [3.05, 3.63) is 11.3 Å². The molecule has 1 fully saturated rings. The van der Waals surface area contributed by atoms with Gasteiger partial charge in [-0.15, -0.1) is 0 Å². The van der Waals surface area contributed by atoms with Crippen LogP contribution in [-0.4, -0.2) is 17.6 Å². The molecular weight excluding hydrogens is 230 g/mol. The molecule has 0 aromatic carbocycles. The summed E-state index contributed by atoms with van der Waals surface area (Å²) in [5.41, 5.74) is 7.37. The molecule has 5 heteroatoms. The highest BCUT2D eigenvalue weighted by Crippen LogP contribution is 2.29. The van der Waals surface area contributed by atoms with Crippen molar-refractivity contribution < 1.29 is 9.32 Å². The summed E-state index contributed by atoms with van der Waals surface area (Å²) in [6, 6.07) is 0. The van der Waals surface area contributed by atoms with Gasteiger partial charge < -0.3 is 10.3 Å². The van der Waals surface area contributed by atoms with Crippen LogP contribution >= 0.6 is 0 Å². The van der Waals surface area contributed by atoms with Crippen LogP contribution in [-0.2, 0) is 4.79 Å². The second-order valence-corrected chi connectivity index (χ2v) is 5.16. The molecule has 0 saturated heterocycles. The van der Waals surface area contributed by atoms with Crippen molar-refractivity contribution in [2.45, 2.75) is 39.5 Å². The summed E-state index contributed by atoms with van der Waals surface area (Å²) in [7, 11) is 0. The van der Waals surface area contributed by atoms with Crippen LogP contribution in [0.2, 0.25) is 0 Å². The molecular formula is C13H21N3O2. The van der Waals surface area contributed by atoms with Crippen LogP contribution in [0.3, 0.4) is 0 Å². The van der Waals surface area contributed by atoms with Crippen molar-refractivity contribution in [2.75, 3.05) is 11.9 Å². The van der Waals surface area contributed by atoms with Gasteiger partial charge in [-0.2, -0.15) is 0 Å². The molecule has 0 radical (unpaired) electrons. The van der Waals surface area contributed by atoms with Gasteiger partial charge in [0.05, 0.1) is 5.69 Å². The maximum atomic E-state index is 12.1. The van der Waals surface area contributed by atoms with E-state index in [-0.39, 0.29) is 11.8 Å². The zero-order valence-electron chi connectivity index (χ0n) is 11.0. The molecule has 3 N–H and O–H groups in total. The smallest absolute Gasteiger partial charge is 0.234 e. The average molecular weight is 251 g/mol. The minimum Gasteiger partial charge on any atom is -0.338 e. The van der Waals surface area contributed by atoms with E-state index < -0.39 is 0 Å². The molecule has 1 saturated carbocycles. The molecule has 0 bridgehead atoms. The molecule has 18 heavy (non-hydrogen) atoms. The zero-order valence-corrected chi connectivity index (χ0v) is 11.0. The Labute approximate surface area is 107 Å². The van der Waals surface area contributed by atoms with E-state index in [9.17, 15) is 4.79 Å². The number of rotatable bonds is 3. The highest BCUT2D eigenvalue weighted by molar-refractivity contribution is 5.91. The quantitative estimate of drug-likeness (QED) is 0.860. The molecule has 1 aromatic rings. The predicted octanol–water partition coefficient (Wildman–Crippen LogP) is 2.00. The third-order valence-electron chi connectivity index (χ3n) is 3.94. The molecule has 1 aromatic heterocycles. The van der Waals surface area contributed by atoms with E-state index >= 15 is 0 Å². The van der Waals surface area contributed by atoms with Gasteiger partial charge in [0.2, 0.25) is 11.8 Å². The molecule has 5 nitrogen and oxygen atoms in total. The van der Waals surface area contributed by atoms with E-state index in [0.29, 0.717) is 11.8 Å². The predicted molar refractivity (Wildman–Crippen MR) is 69.1 cm³/mol. The highest BCUT2D eigenvalue weighted by atomic mass is 16.5. The summed E-state index contributed by atoms with van der Waals surface area (Å²) in [4.78, 5) is 12.1. The van der Waals surface area contributed by atoms with Gasteiger partial charge in [-0.25, -0.2) is 0 Å². The van der Waals surface area contributed by atoms with Gasteiger partial charge in [-0.1, -0.05) is 5.16 Å². The Morgan fingerprint density at radius 2 is 2.06 bits per heavy atom. The Morgan fingerprint density at radius 1 is 1.39 bits per heavy atom. The van der Waals surface area contributed by atoms with E-state index in [0.717, 1.165) is 43.5 Å². The first-order valence-electron chi connectivity index (χ1n) is 6.55. The topological polar surface area (TPSA) is 81.2 Å². The van der Waals surface area contributed by atoms with Crippen molar-refractivity contribution in [3.8, 4) is 0 Å². The summed E-state index contributed by atoms with van der Waals surface area (Å²) < 4.78 is 5.10. The SMILES string of the molecule is Cc1noc(NC(=O)C2CCC(CN)CC2)c1C. The number of amides is 1. The number of anilines is 1. The van der Waals surface area contributed by atoms with E-state index in [1.165, 1.54) is 0 Å². The van der Waals surface area contributed by atoms with Gasteiger partial charge in [0, 0.05) is 11.5 Å². The minimum absolute atomic E-state index is 0.0460. The lowest BCUT2D eigenvalue weighted by Gasteiger charge is -2.26. The van der Waals surface area contributed by atoms with Crippen LogP contribution in [0.15, 0.2) is 4.52 Å². The van der Waals surface area contributed by atoms with Crippen molar-refractivity contribution >= 4 is 11.8 Å².